The average Bonchev–Trinajstić information content (AvgIpc) is 2.53. The zero-order chi connectivity index (χ0) is 15.5. The minimum absolute atomic E-state index is 0.131. The molecule has 0 atom stereocenters. The number of aromatic nitrogens is 1. The number of hydrogen-bond acceptors (Lipinski definition) is 3. The van der Waals surface area contributed by atoms with Crippen LogP contribution < -0.4 is 4.74 Å². The lowest BCUT2D eigenvalue weighted by Crippen LogP contribution is -1.85. The maximum absolute atomic E-state index is 9.78. The first kappa shape index (κ1) is 14.1. The molecule has 22 heavy (non-hydrogen) atoms. The van der Waals surface area contributed by atoms with Gasteiger partial charge in [-0.25, -0.2) is 4.98 Å². The molecule has 1 N–H and O–H groups in total. The van der Waals surface area contributed by atoms with Gasteiger partial charge in [-0.15, -0.1) is 0 Å². The van der Waals surface area contributed by atoms with E-state index in [9.17, 15) is 5.11 Å². The van der Waals surface area contributed by atoms with Gasteiger partial charge in [-0.05, 0) is 48.9 Å². The van der Waals surface area contributed by atoms with Crippen molar-refractivity contribution in [1.82, 2.24) is 4.98 Å². The Labute approximate surface area is 129 Å². The molecule has 0 amide bonds. The van der Waals surface area contributed by atoms with Crippen LogP contribution in [0.4, 0.5) is 0 Å². The molecule has 3 nitrogen and oxygen atoms in total. The first-order chi connectivity index (χ1) is 10.7. The van der Waals surface area contributed by atoms with Crippen molar-refractivity contribution < 1.29 is 9.84 Å². The van der Waals surface area contributed by atoms with Crippen LogP contribution in [0, 0.1) is 6.92 Å². The quantitative estimate of drug-likeness (QED) is 0.776. The van der Waals surface area contributed by atoms with Crippen LogP contribution in [0.3, 0.4) is 0 Å². The zero-order valence-electron chi connectivity index (χ0n) is 12.6. The van der Waals surface area contributed by atoms with Gasteiger partial charge < -0.3 is 9.84 Å². The molecule has 110 valence electrons. The van der Waals surface area contributed by atoms with Crippen molar-refractivity contribution in [3.05, 3.63) is 65.4 Å². The molecule has 0 saturated heterocycles. The van der Waals surface area contributed by atoms with Crippen LogP contribution >= 0.6 is 0 Å². The second-order valence-corrected chi connectivity index (χ2v) is 5.20. The molecule has 0 bridgehead atoms. The van der Waals surface area contributed by atoms with Gasteiger partial charge in [0, 0.05) is 5.39 Å². The van der Waals surface area contributed by atoms with E-state index in [2.05, 4.69) is 30.1 Å². The Morgan fingerprint density at radius 3 is 2.64 bits per heavy atom. The summed E-state index contributed by atoms with van der Waals surface area (Å²) in [4.78, 5) is 4.61. The van der Waals surface area contributed by atoms with Gasteiger partial charge in [0.2, 0.25) is 0 Å². The molecule has 3 rings (SSSR count). The van der Waals surface area contributed by atoms with E-state index in [1.54, 1.807) is 12.1 Å². The fraction of sp³-hybridized carbons (Fsp3) is 0.105. The maximum Gasteiger partial charge on any atom is 0.160 e. The molecular formula is C19H17NO2. The largest absolute Gasteiger partial charge is 0.504 e. The number of pyridine rings is 1. The maximum atomic E-state index is 9.78. The van der Waals surface area contributed by atoms with Gasteiger partial charge >= 0.3 is 0 Å². The third-order valence-corrected chi connectivity index (χ3v) is 3.52. The summed E-state index contributed by atoms with van der Waals surface area (Å²) in [5.41, 5.74) is 3.98. The van der Waals surface area contributed by atoms with E-state index < -0.39 is 0 Å². The van der Waals surface area contributed by atoms with Gasteiger partial charge in [0.05, 0.1) is 18.3 Å². The Morgan fingerprint density at radius 1 is 1.00 bits per heavy atom. The second-order valence-electron chi connectivity index (χ2n) is 5.20. The summed E-state index contributed by atoms with van der Waals surface area (Å²) in [6, 6.07) is 15.6. The van der Waals surface area contributed by atoms with Crippen LogP contribution in [0.15, 0.2) is 48.5 Å². The number of benzene rings is 2. The monoisotopic (exact) mass is 291 g/mol. The van der Waals surface area contributed by atoms with Crippen molar-refractivity contribution in [3.63, 3.8) is 0 Å². The van der Waals surface area contributed by atoms with Crippen molar-refractivity contribution in [2.24, 2.45) is 0 Å². The van der Waals surface area contributed by atoms with Crippen LogP contribution in [0.25, 0.3) is 23.1 Å². The first-order valence-electron chi connectivity index (χ1n) is 7.08. The number of hydrogen-bond donors (Lipinski definition) is 1. The summed E-state index contributed by atoms with van der Waals surface area (Å²) in [5, 5.41) is 10.9. The van der Waals surface area contributed by atoms with Gasteiger partial charge in [-0.1, -0.05) is 29.8 Å². The van der Waals surface area contributed by atoms with E-state index in [1.807, 2.05) is 30.4 Å². The second kappa shape index (κ2) is 5.90. The van der Waals surface area contributed by atoms with E-state index in [0.717, 1.165) is 22.2 Å². The molecule has 0 unspecified atom stereocenters. The zero-order valence-corrected chi connectivity index (χ0v) is 12.6. The van der Waals surface area contributed by atoms with Crippen molar-refractivity contribution in [3.8, 4) is 11.5 Å². The summed E-state index contributed by atoms with van der Waals surface area (Å²) in [6.07, 6.45) is 3.85. The molecule has 0 fully saturated rings. The Hall–Kier alpha value is -2.81. The van der Waals surface area contributed by atoms with E-state index >= 15 is 0 Å². The molecule has 3 aromatic rings. The number of ether oxygens (including phenoxy) is 1. The third-order valence-electron chi connectivity index (χ3n) is 3.52. The van der Waals surface area contributed by atoms with Crippen molar-refractivity contribution in [2.75, 3.05) is 7.11 Å². The highest BCUT2D eigenvalue weighted by Gasteiger charge is 2.01. The van der Waals surface area contributed by atoms with E-state index in [1.165, 1.54) is 12.7 Å². The van der Waals surface area contributed by atoms with Gasteiger partial charge in [0.15, 0.2) is 11.5 Å². The number of nitrogens with zero attached hydrogens (tertiary/aromatic N) is 1. The first-order valence-corrected chi connectivity index (χ1v) is 7.08. The number of aryl methyl sites for hydroxylation is 1. The van der Waals surface area contributed by atoms with Gasteiger partial charge in [-0.2, -0.15) is 0 Å². The highest BCUT2D eigenvalue weighted by atomic mass is 16.5. The minimum atomic E-state index is 0.131. The van der Waals surface area contributed by atoms with Gasteiger partial charge in [0.1, 0.15) is 0 Å². The van der Waals surface area contributed by atoms with E-state index in [-0.39, 0.29) is 5.75 Å². The lowest BCUT2D eigenvalue weighted by molar-refractivity contribution is 0.373. The van der Waals surface area contributed by atoms with Crippen LogP contribution in [0.2, 0.25) is 0 Å². The molecule has 0 aliphatic carbocycles. The molecule has 0 aliphatic rings. The number of rotatable bonds is 3. The topological polar surface area (TPSA) is 42.4 Å². The Balaban J connectivity index is 1.88. The minimum Gasteiger partial charge on any atom is -0.504 e. The molecule has 0 spiro atoms. The Kier molecular flexibility index (Phi) is 3.79. The highest BCUT2D eigenvalue weighted by Crippen LogP contribution is 2.27. The molecule has 0 radical (unpaired) electrons. The predicted molar refractivity (Wildman–Crippen MR) is 90.1 cm³/mol. The van der Waals surface area contributed by atoms with Crippen LogP contribution in [-0.4, -0.2) is 17.2 Å². The summed E-state index contributed by atoms with van der Waals surface area (Å²) in [5.74, 6) is 0.600. The number of aromatic hydroxyl groups is 1. The van der Waals surface area contributed by atoms with Crippen molar-refractivity contribution in [1.29, 1.82) is 0 Å². The van der Waals surface area contributed by atoms with Gasteiger partial charge in [0.25, 0.3) is 0 Å². The van der Waals surface area contributed by atoms with E-state index in [0.29, 0.717) is 5.75 Å². The number of phenols is 1. The van der Waals surface area contributed by atoms with E-state index in [4.69, 9.17) is 4.74 Å². The molecular weight excluding hydrogens is 274 g/mol. The predicted octanol–water partition coefficient (Wildman–Crippen LogP) is 4.43. The van der Waals surface area contributed by atoms with Crippen LogP contribution in [-0.2, 0) is 0 Å². The average molecular weight is 291 g/mol. The SMILES string of the molecule is COc1ccc(C=Cc2ccc3cc(C)ccc3n2)cc1O. The normalized spacial score (nSPS) is 11.2. The molecule has 2 aromatic carbocycles. The molecule has 3 heteroatoms. The fourth-order valence-electron chi connectivity index (χ4n) is 2.35. The number of methoxy groups -OCH3 is 1. The molecule has 1 heterocycles. The molecule has 0 saturated carbocycles. The Bertz CT molecular complexity index is 853. The van der Waals surface area contributed by atoms with Crippen LogP contribution in [0.5, 0.6) is 11.5 Å². The van der Waals surface area contributed by atoms with Crippen molar-refractivity contribution >= 4 is 23.1 Å². The summed E-state index contributed by atoms with van der Waals surface area (Å²) in [7, 11) is 1.53. The smallest absolute Gasteiger partial charge is 0.160 e. The van der Waals surface area contributed by atoms with Gasteiger partial charge in [-0.3, -0.25) is 0 Å². The Morgan fingerprint density at radius 2 is 1.86 bits per heavy atom. The molecule has 0 aliphatic heterocycles. The number of fused-ring (bicyclic) bond motifs is 1. The summed E-state index contributed by atoms with van der Waals surface area (Å²) in [6.45, 7) is 2.07. The fourth-order valence-corrected chi connectivity index (χ4v) is 2.35. The lowest BCUT2D eigenvalue weighted by atomic mass is 10.1. The number of phenolic OH excluding ortho intramolecular Hbond substituents is 1. The highest BCUT2D eigenvalue weighted by molar-refractivity contribution is 5.81. The summed E-state index contributed by atoms with van der Waals surface area (Å²) < 4.78 is 5.03. The third kappa shape index (κ3) is 2.93. The lowest BCUT2D eigenvalue weighted by Gasteiger charge is -2.03. The summed E-state index contributed by atoms with van der Waals surface area (Å²) >= 11 is 0. The van der Waals surface area contributed by atoms with Crippen molar-refractivity contribution in [2.45, 2.75) is 6.92 Å². The van der Waals surface area contributed by atoms with Crippen LogP contribution in [0.1, 0.15) is 16.8 Å². The molecule has 1 aromatic heterocycles. The standard InChI is InChI=1S/C19H17NO2/c1-13-3-9-17-15(11-13)6-8-16(20-17)7-4-14-5-10-19(22-2)18(21)12-14/h3-12,21H,1-2H3.